The second kappa shape index (κ2) is 11.3. The van der Waals surface area contributed by atoms with Crippen LogP contribution in [0.2, 0.25) is 5.02 Å². The highest BCUT2D eigenvalue weighted by atomic mass is 35.5. The molecule has 2 aliphatic heterocycles. The van der Waals surface area contributed by atoms with Crippen molar-refractivity contribution in [3.05, 3.63) is 97.9 Å². The van der Waals surface area contributed by atoms with E-state index in [9.17, 15) is 24.3 Å². The molecule has 0 aliphatic carbocycles. The topological polar surface area (TPSA) is 118 Å². The van der Waals surface area contributed by atoms with Crippen LogP contribution >= 0.6 is 34.7 Å². The van der Waals surface area contributed by atoms with Crippen LogP contribution < -0.4 is 19.8 Å². The molecule has 1 aromatic heterocycles. The van der Waals surface area contributed by atoms with E-state index in [0.29, 0.717) is 38.5 Å². The number of benzene rings is 3. The number of nitrogens with one attached hydrogen (secondary N) is 1. The molecule has 3 atom stereocenters. The molecule has 214 valence electrons. The minimum Gasteiger partial charge on any atom is -0.504 e. The van der Waals surface area contributed by atoms with Crippen molar-refractivity contribution in [2.75, 3.05) is 16.8 Å². The molecule has 1 fully saturated rings. The molecule has 1 saturated heterocycles. The summed E-state index contributed by atoms with van der Waals surface area (Å²) in [7, 11) is 0. The average molecular weight is 622 g/mol. The number of carbonyl (C=O) groups is 3. The third-order valence-corrected chi connectivity index (χ3v) is 9.99. The van der Waals surface area contributed by atoms with Crippen molar-refractivity contribution in [3.63, 3.8) is 0 Å². The van der Waals surface area contributed by atoms with Crippen molar-refractivity contribution in [2.24, 2.45) is 5.92 Å². The number of thiazole rings is 1. The molecule has 0 spiro atoms. The van der Waals surface area contributed by atoms with Crippen LogP contribution in [0.15, 0.2) is 82.6 Å². The van der Waals surface area contributed by atoms with Crippen LogP contribution in [0.5, 0.6) is 11.5 Å². The van der Waals surface area contributed by atoms with Crippen LogP contribution in [0.3, 0.4) is 0 Å². The third-order valence-electron chi connectivity index (χ3n) is 7.14. The summed E-state index contributed by atoms with van der Waals surface area (Å²) in [6.45, 7) is 1.82. The normalized spacial score (nSPS) is 19.4. The van der Waals surface area contributed by atoms with Gasteiger partial charge in [0.2, 0.25) is 17.7 Å². The predicted molar refractivity (Wildman–Crippen MR) is 162 cm³/mol. The number of phenolic OH excluding ortho intramolecular Hbond substituents is 1. The molecule has 3 heterocycles. The Labute approximate surface area is 253 Å². The summed E-state index contributed by atoms with van der Waals surface area (Å²) in [6.07, 6.45) is 0. The minimum atomic E-state index is -0.854. The van der Waals surface area contributed by atoms with E-state index in [1.165, 1.54) is 10.6 Å². The van der Waals surface area contributed by atoms with Gasteiger partial charge in [0.25, 0.3) is 0 Å². The Morgan fingerprint density at radius 3 is 2.48 bits per heavy atom. The number of rotatable bonds is 7. The van der Waals surface area contributed by atoms with Gasteiger partial charge in [-0.3, -0.25) is 23.7 Å². The maximum absolute atomic E-state index is 14.0. The molecule has 0 radical (unpaired) electrons. The molecule has 6 rings (SSSR count). The standard InChI is InChI=1S/C30H24ClN3O6S2/c1-2-40-21-14-16(8-13-20(21)35)23-24-25(28(38)34(27(24)37)19-11-9-17(31)10-12-19)41-29-26(23)42-30(39)33(29)15-22(36)32-18-6-4-3-5-7-18/h3-14,23-25,35H,2,15H2,1H3,(H,32,36)/t23-,24+,25-/m0/s1. The number of carbonyl (C=O) groups excluding carboxylic acids is 3. The molecule has 4 aromatic rings. The number of para-hydroxylation sites is 1. The van der Waals surface area contributed by atoms with E-state index in [1.807, 2.05) is 6.07 Å². The molecular weight excluding hydrogens is 598 g/mol. The van der Waals surface area contributed by atoms with Crippen LogP contribution in [-0.4, -0.2) is 39.3 Å². The first-order valence-corrected chi connectivity index (χ1v) is 15.2. The zero-order chi connectivity index (χ0) is 29.5. The second-order valence-electron chi connectivity index (χ2n) is 9.73. The highest BCUT2D eigenvalue weighted by molar-refractivity contribution is 8.00. The Morgan fingerprint density at radius 2 is 1.76 bits per heavy atom. The van der Waals surface area contributed by atoms with Crippen molar-refractivity contribution in [1.29, 1.82) is 0 Å². The van der Waals surface area contributed by atoms with Gasteiger partial charge in [-0.05, 0) is 61.0 Å². The van der Waals surface area contributed by atoms with Gasteiger partial charge in [0.05, 0.1) is 23.2 Å². The Kier molecular flexibility index (Phi) is 7.56. The fourth-order valence-corrected chi connectivity index (χ4v) is 8.22. The van der Waals surface area contributed by atoms with E-state index < -0.39 is 34.8 Å². The number of phenols is 1. The number of fused-ring (bicyclic) bond motifs is 2. The van der Waals surface area contributed by atoms with Gasteiger partial charge < -0.3 is 15.2 Å². The SMILES string of the molecule is CCOc1cc([C@@H]2c3sc(=O)n(CC(=O)Nc4ccccc4)c3S[C@@H]3C(=O)N(c4ccc(Cl)cc4)C(=O)[C@H]23)ccc1O. The second-order valence-corrected chi connectivity index (χ2v) is 12.3. The number of aromatic nitrogens is 1. The summed E-state index contributed by atoms with van der Waals surface area (Å²) in [5.41, 5.74) is 1.59. The van der Waals surface area contributed by atoms with Gasteiger partial charge in [0.1, 0.15) is 11.8 Å². The molecule has 2 aliphatic rings. The molecular formula is C30H24ClN3O6S2. The van der Waals surface area contributed by atoms with Crippen molar-refractivity contribution in [3.8, 4) is 11.5 Å². The monoisotopic (exact) mass is 621 g/mol. The lowest BCUT2D eigenvalue weighted by Gasteiger charge is -2.31. The highest BCUT2D eigenvalue weighted by Gasteiger charge is 2.57. The summed E-state index contributed by atoms with van der Waals surface area (Å²) in [5.74, 6) is -2.60. The Morgan fingerprint density at radius 1 is 1.02 bits per heavy atom. The number of halogens is 1. The minimum absolute atomic E-state index is 0.0671. The summed E-state index contributed by atoms with van der Waals surface area (Å²) in [6, 6.07) is 20.1. The Bertz CT molecular complexity index is 1760. The third kappa shape index (κ3) is 4.97. The first-order valence-electron chi connectivity index (χ1n) is 13.1. The number of aromatic hydroxyl groups is 1. The van der Waals surface area contributed by atoms with E-state index in [4.69, 9.17) is 16.3 Å². The van der Waals surface area contributed by atoms with Gasteiger partial charge in [0.15, 0.2) is 11.5 Å². The summed E-state index contributed by atoms with van der Waals surface area (Å²) < 4.78 is 6.97. The number of thioether (sulfide) groups is 1. The van der Waals surface area contributed by atoms with Crippen LogP contribution in [0.4, 0.5) is 11.4 Å². The summed E-state index contributed by atoms with van der Waals surface area (Å²) in [5, 5.41) is 13.2. The maximum atomic E-state index is 14.0. The van der Waals surface area contributed by atoms with E-state index in [1.54, 1.807) is 67.6 Å². The van der Waals surface area contributed by atoms with Crippen LogP contribution in [0.1, 0.15) is 23.3 Å². The number of imide groups is 1. The molecule has 3 aromatic carbocycles. The zero-order valence-electron chi connectivity index (χ0n) is 22.2. The van der Waals surface area contributed by atoms with Crippen molar-refractivity contribution < 1.29 is 24.2 Å². The van der Waals surface area contributed by atoms with Gasteiger partial charge in [-0.2, -0.15) is 0 Å². The van der Waals surface area contributed by atoms with Crippen LogP contribution in [0, 0.1) is 5.92 Å². The van der Waals surface area contributed by atoms with E-state index >= 15 is 0 Å². The van der Waals surface area contributed by atoms with Crippen molar-refractivity contribution >= 4 is 63.8 Å². The van der Waals surface area contributed by atoms with E-state index in [0.717, 1.165) is 28.0 Å². The van der Waals surface area contributed by atoms with Gasteiger partial charge in [-0.25, -0.2) is 4.90 Å². The van der Waals surface area contributed by atoms with Crippen LogP contribution in [-0.2, 0) is 20.9 Å². The molecule has 9 nitrogen and oxygen atoms in total. The lowest BCUT2D eigenvalue weighted by molar-refractivity contribution is -0.122. The highest BCUT2D eigenvalue weighted by Crippen LogP contribution is 2.54. The van der Waals surface area contributed by atoms with E-state index in [2.05, 4.69) is 5.32 Å². The largest absolute Gasteiger partial charge is 0.504 e. The molecule has 0 unspecified atom stereocenters. The summed E-state index contributed by atoms with van der Waals surface area (Å²) in [4.78, 5) is 55.5. The smallest absolute Gasteiger partial charge is 0.308 e. The van der Waals surface area contributed by atoms with Gasteiger partial charge in [0, 0.05) is 21.5 Å². The van der Waals surface area contributed by atoms with Gasteiger partial charge >= 0.3 is 4.87 Å². The molecule has 12 heteroatoms. The van der Waals surface area contributed by atoms with Crippen molar-refractivity contribution in [1.82, 2.24) is 4.57 Å². The Balaban J connectivity index is 1.44. The van der Waals surface area contributed by atoms with E-state index in [-0.39, 0.29) is 22.9 Å². The number of amides is 3. The van der Waals surface area contributed by atoms with Crippen LogP contribution in [0.25, 0.3) is 0 Å². The zero-order valence-corrected chi connectivity index (χ0v) is 24.5. The number of hydrogen-bond acceptors (Lipinski definition) is 8. The first kappa shape index (κ1) is 28.1. The number of anilines is 2. The van der Waals surface area contributed by atoms with Gasteiger partial charge in [-0.15, -0.1) is 0 Å². The fourth-order valence-electron chi connectivity index (χ4n) is 5.32. The average Bonchev–Trinajstić information content (AvgIpc) is 3.41. The van der Waals surface area contributed by atoms with Crippen molar-refractivity contribution in [2.45, 2.75) is 29.7 Å². The van der Waals surface area contributed by atoms with Gasteiger partial charge in [-0.1, -0.05) is 59.0 Å². The Hall–Kier alpha value is -4.06. The lowest BCUT2D eigenvalue weighted by Crippen LogP contribution is -2.33. The number of nitrogens with zero attached hydrogens (tertiary/aromatic N) is 2. The lowest BCUT2D eigenvalue weighted by atomic mass is 9.83. The quantitative estimate of drug-likeness (QED) is 0.276. The maximum Gasteiger partial charge on any atom is 0.308 e. The molecule has 0 bridgehead atoms. The first-order chi connectivity index (χ1) is 20.3. The predicted octanol–water partition coefficient (Wildman–Crippen LogP) is 5.10. The molecule has 3 amide bonds. The fraction of sp³-hybridized carbons (Fsp3) is 0.200. The molecule has 2 N–H and O–H groups in total. The summed E-state index contributed by atoms with van der Waals surface area (Å²) >= 11 is 8.13. The number of hydrogen-bond donors (Lipinski definition) is 2. The molecule has 42 heavy (non-hydrogen) atoms. The number of ether oxygens (including phenoxy) is 1. The molecule has 0 saturated carbocycles.